The monoisotopic (exact) mass is 248 g/mol. The summed E-state index contributed by atoms with van der Waals surface area (Å²) in [5.41, 5.74) is 2.23. The fourth-order valence-electron chi connectivity index (χ4n) is 1.58. The number of ketones is 1. The van der Waals surface area contributed by atoms with Crippen LogP contribution >= 0.6 is 11.5 Å². The molecule has 0 saturated heterocycles. The molecule has 1 heterocycles. The van der Waals surface area contributed by atoms with Gasteiger partial charge < -0.3 is 4.74 Å². The molecule has 0 N–H and O–H groups in total. The molecule has 0 aliphatic rings. The van der Waals surface area contributed by atoms with Gasteiger partial charge in [0.2, 0.25) is 5.78 Å². The van der Waals surface area contributed by atoms with Gasteiger partial charge in [0.15, 0.2) is 0 Å². The van der Waals surface area contributed by atoms with Crippen molar-refractivity contribution in [2.75, 3.05) is 7.11 Å². The Morgan fingerprint density at radius 2 is 2.12 bits per heavy atom. The maximum Gasteiger partial charge on any atom is 0.206 e. The largest absolute Gasteiger partial charge is 0.497 e. The molecule has 17 heavy (non-hydrogen) atoms. The van der Waals surface area contributed by atoms with Crippen LogP contribution in [0.5, 0.6) is 5.75 Å². The van der Waals surface area contributed by atoms with Crippen molar-refractivity contribution in [3.8, 4) is 5.75 Å². The Kier molecular flexibility index (Phi) is 3.19. The highest BCUT2D eigenvalue weighted by molar-refractivity contribution is 7.08. The predicted molar refractivity (Wildman–Crippen MR) is 65.8 cm³/mol. The van der Waals surface area contributed by atoms with Crippen molar-refractivity contribution < 1.29 is 9.53 Å². The van der Waals surface area contributed by atoms with E-state index in [1.54, 1.807) is 26.2 Å². The second kappa shape index (κ2) is 4.63. The van der Waals surface area contributed by atoms with E-state index in [4.69, 9.17) is 4.74 Å². The fraction of sp³-hybridized carbons (Fsp3) is 0.250. The second-order valence-corrected chi connectivity index (χ2v) is 4.45. The van der Waals surface area contributed by atoms with E-state index in [1.807, 2.05) is 13.0 Å². The summed E-state index contributed by atoms with van der Waals surface area (Å²) < 4.78 is 8.89. The van der Waals surface area contributed by atoms with Gasteiger partial charge in [0.1, 0.15) is 10.6 Å². The zero-order valence-corrected chi connectivity index (χ0v) is 10.7. The molecular weight excluding hydrogens is 236 g/mol. The first-order valence-corrected chi connectivity index (χ1v) is 5.89. The molecule has 0 radical (unpaired) electrons. The number of nitrogens with zero attached hydrogens (tertiary/aromatic N) is 2. The Labute approximate surface area is 103 Å². The Balaban J connectivity index is 2.41. The average Bonchev–Trinajstić information content (AvgIpc) is 2.74. The van der Waals surface area contributed by atoms with Gasteiger partial charge in [-0.3, -0.25) is 4.79 Å². The number of carbonyl (C=O) groups excluding carboxylic acids is 1. The third-order valence-corrected chi connectivity index (χ3v) is 3.36. The van der Waals surface area contributed by atoms with Crippen LogP contribution in [0, 0.1) is 13.8 Å². The number of hydrogen-bond acceptors (Lipinski definition) is 5. The Hall–Kier alpha value is -1.75. The smallest absolute Gasteiger partial charge is 0.206 e. The number of aromatic nitrogens is 2. The number of ether oxygens (including phenoxy) is 1. The van der Waals surface area contributed by atoms with Gasteiger partial charge in [-0.1, -0.05) is 4.49 Å². The van der Waals surface area contributed by atoms with Gasteiger partial charge in [0, 0.05) is 5.56 Å². The minimum absolute atomic E-state index is 0.0300. The third kappa shape index (κ3) is 2.19. The van der Waals surface area contributed by atoms with Crippen molar-refractivity contribution in [3.05, 3.63) is 39.9 Å². The summed E-state index contributed by atoms with van der Waals surface area (Å²) in [7, 11) is 1.60. The lowest BCUT2D eigenvalue weighted by Crippen LogP contribution is -2.03. The van der Waals surface area contributed by atoms with Crippen LogP contribution in [0.15, 0.2) is 18.2 Å². The maximum atomic E-state index is 12.2. The molecule has 1 aromatic heterocycles. The highest BCUT2D eigenvalue weighted by atomic mass is 32.1. The van der Waals surface area contributed by atoms with Gasteiger partial charge in [-0.2, -0.15) is 0 Å². The molecule has 4 nitrogen and oxygen atoms in total. The normalized spacial score (nSPS) is 10.3. The van der Waals surface area contributed by atoms with Gasteiger partial charge in [0.05, 0.1) is 12.8 Å². The minimum Gasteiger partial charge on any atom is -0.497 e. The summed E-state index contributed by atoms with van der Waals surface area (Å²) in [5.74, 6) is 0.718. The van der Waals surface area contributed by atoms with Crippen LogP contribution < -0.4 is 4.74 Å². The van der Waals surface area contributed by atoms with Crippen LogP contribution in [0.2, 0.25) is 0 Å². The highest BCUT2D eigenvalue weighted by Gasteiger charge is 2.17. The summed E-state index contributed by atoms with van der Waals surface area (Å²) in [4.78, 5) is 12.8. The molecule has 0 unspecified atom stereocenters. The summed E-state index contributed by atoms with van der Waals surface area (Å²) in [6.07, 6.45) is 0. The minimum atomic E-state index is -0.0300. The molecule has 0 saturated carbocycles. The van der Waals surface area contributed by atoms with E-state index in [1.165, 1.54) is 0 Å². The summed E-state index contributed by atoms with van der Waals surface area (Å²) in [6, 6.07) is 5.40. The molecular formula is C12H12N2O2S. The Morgan fingerprint density at radius 3 is 2.65 bits per heavy atom. The molecule has 2 rings (SSSR count). The third-order valence-electron chi connectivity index (χ3n) is 2.54. The number of rotatable bonds is 3. The van der Waals surface area contributed by atoms with Crippen molar-refractivity contribution in [3.63, 3.8) is 0 Å². The zero-order valence-electron chi connectivity index (χ0n) is 9.85. The van der Waals surface area contributed by atoms with Crippen LogP contribution in [0.3, 0.4) is 0 Å². The van der Waals surface area contributed by atoms with Gasteiger partial charge in [-0.15, -0.1) is 5.10 Å². The van der Waals surface area contributed by atoms with Gasteiger partial charge >= 0.3 is 0 Å². The highest BCUT2D eigenvalue weighted by Crippen LogP contribution is 2.22. The fourth-order valence-corrected chi connectivity index (χ4v) is 2.19. The van der Waals surface area contributed by atoms with Crippen molar-refractivity contribution in [1.82, 2.24) is 9.59 Å². The van der Waals surface area contributed by atoms with E-state index in [0.29, 0.717) is 16.1 Å². The van der Waals surface area contributed by atoms with Crippen LogP contribution in [0.4, 0.5) is 0 Å². The molecule has 5 heteroatoms. The van der Waals surface area contributed by atoms with E-state index in [2.05, 4.69) is 9.59 Å². The first-order chi connectivity index (χ1) is 8.13. The van der Waals surface area contributed by atoms with E-state index in [-0.39, 0.29) is 5.78 Å². The summed E-state index contributed by atoms with van der Waals surface area (Å²) in [5, 5.41) is 3.85. The predicted octanol–water partition coefficient (Wildman–Crippen LogP) is 2.39. The number of benzene rings is 1. The van der Waals surface area contributed by atoms with Crippen molar-refractivity contribution in [2.45, 2.75) is 13.8 Å². The molecule has 0 fully saturated rings. The topological polar surface area (TPSA) is 52.1 Å². The molecule has 0 bridgehead atoms. The molecule has 0 aliphatic carbocycles. The molecule has 0 atom stereocenters. The second-order valence-electron chi connectivity index (χ2n) is 3.70. The average molecular weight is 248 g/mol. The molecule has 0 spiro atoms. The summed E-state index contributed by atoms with van der Waals surface area (Å²) >= 11 is 1.13. The quantitative estimate of drug-likeness (QED) is 0.783. The van der Waals surface area contributed by atoms with Crippen LogP contribution in [0.25, 0.3) is 0 Å². The van der Waals surface area contributed by atoms with E-state index in [9.17, 15) is 4.79 Å². The van der Waals surface area contributed by atoms with E-state index >= 15 is 0 Å². The van der Waals surface area contributed by atoms with Crippen molar-refractivity contribution >= 4 is 17.3 Å². The zero-order chi connectivity index (χ0) is 12.4. The van der Waals surface area contributed by atoms with Crippen molar-refractivity contribution in [2.24, 2.45) is 0 Å². The van der Waals surface area contributed by atoms with E-state index < -0.39 is 0 Å². The van der Waals surface area contributed by atoms with E-state index in [0.717, 1.165) is 22.8 Å². The van der Waals surface area contributed by atoms with Crippen molar-refractivity contribution in [1.29, 1.82) is 0 Å². The number of hydrogen-bond donors (Lipinski definition) is 0. The van der Waals surface area contributed by atoms with Crippen LogP contribution in [-0.2, 0) is 0 Å². The SMILES string of the molecule is COc1ccc(C(=O)c2snnc2C)c(C)c1. The van der Waals surface area contributed by atoms with Crippen LogP contribution in [0.1, 0.15) is 26.5 Å². The van der Waals surface area contributed by atoms with Crippen LogP contribution in [-0.4, -0.2) is 22.5 Å². The Bertz CT molecular complexity index is 563. The molecule has 0 amide bonds. The number of carbonyl (C=O) groups is 1. The summed E-state index contributed by atoms with van der Waals surface area (Å²) in [6.45, 7) is 3.68. The number of aryl methyl sites for hydroxylation is 2. The Morgan fingerprint density at radius 1 is 1.35 bits per heavy atom. The molecule has 2 aromatic rings. The lowest BCUT2D eigenvalue weighted by Gasteiger charge is -2.06. The molecule has 88 valence electrons. The lowest BCUT2D eigenvalue weighted by atomic mass is 10.0. The lowest BCUT2D eigenvalue weighted by molar-refractivity contribution is 0.104. The maximum absolute atomic E-state index is 12.2. The first kappa shape index (κ1) is 11.7. The molecule has 1 aromatic carbocycles. The number of methoxy groups -OCH3 is 1. The van der Waals surface area contributed by atoms with Gasteiger partial charge in [0.25, 0.3) is 0 Å². The van der Waals surface area contributed by atoms with Gasteiger partial charge in [-0.05, 0) is 49.1 Å². The standard InChI is InChI=1S/C12H12N2O2S/c1-7-6-9(16-3)4-5-10(7)11(15)12-8(2)13-14-17-12/h4-6H,1-3H3. The van der Waals surface area contributed by atoms with Gasteiger partial charge in [-0.25, -0.2) is 0 Å². The molecule has 0 aliphatic heterocycles. The first-order valence-electron chi connectivity index (χ1n) is 5.11.